The van der Waals surface area contributed by atoms with Crippen LogP contribution in [0.4, 0.5) is 15.3 Å². The number of carbonyl (C=O) groups is 5. The average molecular weight is 850 g/mol. The normalized spacial score (nSPS) is 17.6. The first-order valence-electron chi connectivity index (χ1n) is 21.4. The van der Waals surface area contributed by atoms with Crippen LogP contribution in [0.3, 0.4) is 0 Å². The molecule has 0 radical (unpaired) electrons. The number of nitrogens with one attached hydrogen (secondary N) is 5. The Morgan fingerprint density at radius 2 is 1.44 bits per heavy atom. The van der Waals surface area contributed by atoms with Crippen molar-refractivity contribution in [2.24, 2.45) is 11.8 Å². The van der Waals surface area contributed by atoms with Crippen molar-refractivity contribution in [3.63, 3.8) is 0 Å². The molecule has 5 amide bonds. The summed E-state index contributed by atoms with van der Waals surface area (Å²) < 4.78 is 10.9. The van der Waals surface area contributed by atoms with Crippen LogP contribution in [-0.2, 0) is 25.5 Å². The largest absolute Gasteiger partial charge is 0.444 e. The summed E-state index contributed by atoms with van der Waals surface area (Å²) in [6, 6.07) is 21.1. The predicted molar refractivity (Wildman–Crippen MR) is 234 cm³/mol. The molecule has 0 spiro atoms. The Hall–Kier alpha value is -6.32. The molecule has 1 aliphatic heterocycles. The Bertz CT molecular complexity index is 2150. The summed E-state index contributed by atoms with van der Waals surface area (Å²) in [6.07, 6.45) is 3.43. The lowest BCUT2D eigenvalue weighted by atomic mass is 9.81. The van der Waals surface area contributed by atoms with Crippen molar-refractivity contribution in [1.29, 1.82) is 0 Å². The third-order valence-corrected chi connectivity index (χ3v) is 10.9. The zero-order chi connectivity index (χ0) is 44.4. The van der Waals surface area contributed by atoms with E-state index in [1.165, 1.54) is 0 Å². The smallest absolute Gasteiger partial charge is 0.410 e. The first-order chi connectivity index (χ1) is 29.5. The quantitative estimate of drug-likeness (QED) is 0.102. The fraction of sp³-hybridized carbons (Fsp3) is 0.478. The number of ether oxygens (including phenoxy) is 2. The molecule has 1 atom stereocenters. The van der Waals surface area contributed by atoms with Crippen LogP contribution in [0, 0.1) is 11.8 Å². The van der Waals surface area contributed by atoms with Gasteiger partial charge in [0, 0.05) is 54.8 Å². The van der Waals surface area contributed by atoms with Gasteiger partial charge in [-0.25, -0.2) is 9.59 Å². The first kappa shape index (κ1) is 45.2. The van der Waals surface area contributed by atoms with Gasteiger partial charge in [0.1, 0.15) is 17.2 Å². The SMILES string of the molecule is CC(C)(C)OC(=O)NCC1CCC(C(=O)NC(Cc2ccc(-c3ccccc3C(=O)NC3CCN(C(=O)OC(C)(C)C)CC3)cc2)C(=O)Nc2ccc(-c3nn[nH]n3)cc2)CC1. The monoisotopic (exact) mass is 849 g/mol. The minimum absolute atomic E-state index is 0.0884. The molecule has 330 valence electrons. The van der Waals surface area contributed by atoms with E-state index in [-0.39, 0.29) is 48.1 Å². The molecule has 0 bridgehead atoms. The van der Waals surface area contributed by atoms with Gasteiger partial charge >= 0.3 is 12.2 Å². The van der Waals surface area contributed by atoms with Crippen LogP contribution in [0.15, 0.2) is 72.8 Å². The molecule has 1 unspecified atom stereocenters. The molecule has 1 saturated heterocycles. The highest BCUT2D eigenvalue weighted by atomic mass is 16.6. The van der Waals surface area contributed by atoms with Crippen LogP contribution in [-0.4, -0.2) is 98.4 Å². The molecule has 62 heavy (non-hydrogen) atoms. The summed E-state index contributed by atoms with van der Waals surface area (Å²) in [6.45, 7) is 12.4. The second kappa shape index (κ2) is 20.0. The van der Waals surface area contributed by atoms with Gasteiger partial charge in [-0.2, -0.15) is 5.21 Å². The Morgan fingerprint density at radius 1 is 0.790 bits per heavy atom. The van der Waals surface area contributed by atoms with Crippen molar-refractivity contribution in [3.05, 3.63) is 83.9 Å². The number of piperidine rings is 1. The molecule has 5 N–H and O–H groups in total. The molecule has 1 aromatic heterocycles. The minimum atomic E-state index is -0.892. The van der Waals surface area contributed by atoms with Crippen molar-refractivity contribution < 1.29 is 33.4 Å². The number of rotatable bonds is 12. The number of tetrazole rings is 1. The Balaban J connectivity index is 1.10. The van der Waals surface area contributed by atoms with Crippen LogP contribution in [0.25, 0.3) is 22.5 Å². The Labute approximate surface area is 362 Å². The summed E-state index contributed by atoms with van der Waals surface area (Å²) in [5.41, 5.74) is 3.03. The van der Waals surface area contributed by atoms with Gasteiger partial charge in [-0.3, -0.25) is 14.4 Å². The average Bonchev–Trinajstić information content (AvgIpc) is 3.78. The summed E-state index contributed by atoms with van der Waals surface area (Å²) in [5, 5.41) is 26.1. The van der Waals surface area contributed by atoms with E-state index < -0.39 is 23.3 Å². The van der Waals surface area contributed by atoms with E-state index in [1.54, 1.807) is 35.2 Å². The van der Waals surface area contributed by atoms with Crippen LogP contribution < -0.4 is 21.3 Å². The third kappa shape index (κ3) is 13.1. The van der Waals surface area contributed by atoms with E-state index in [9.17, 15) is 24.0 Å². The molecule has 6 rings (SSSR count). The van der Waals surface area contributed by atoms with Gasteiger partial charge in [0.05, 0.1) is 0 Å². The number of carbonyl (C=O) groups excluding carboxylic acids is 5. The number of aromatic nitrogens is 4. The maximum Gasteiger partial charge on any atom is 0.410 e. The number of hydrogen-bond donors (Lipinski definition) is 5. The van der Waals surface area contributed by atoms with Crippen molar-refractivity contribution in [1.82, 2.24) is 41.5 Å². The lowest BCUT2D eigenvalue weighted by Crippen LogP contribution is -2.48. The molecular formula is C46H59N9O7. The van der Waals surface area contributed by atoms with Crippen LogP contribution in [0.5, 0.6) is 0 Å². The molecule has 2 aliphatic rings. The van der Waals surface area contributed by atoms with E-state index in [0.717, 1.165) is 35.1 Å². The van der Waals surface area contributed by atoms with Crippen molar-refractivity contribution >= 4 is 35.6 Å². The lowest BCUT2D eigenvalue weighted by Gasteiger charge is -2.33. The second-order valence-electron chi connectivity index (χ2n) is 18.1. The standard InChI is InChI=1S/C46H59N9O7/c1-45(2,3)61-43(59)47-28-30-13-17-33(18-14-30)40(56)50-38(42(58)49-34-21-19-32(20-22-34)39-51-53-54-52-39)27-29-11-15-31(16-12-29)36-9-7-8-10-37(36)41(57)48-35-23-25-55(26-24-35)44(60)62-46(4,5)6/h7-12,15-16,19-22,30,33,35,38H,13-14,17-18,23-28H2,1-6H3,(H,47,59)(H,48,57)(H,49,58)(H,50,56)(H,51,52,53,54). The topological polar surface area (TPSA) is 210 Å². The number of aromatic amines is 1. The molecule has 16 nitrogen and oxygen atoms in total. The summed E-state index contributed by atoms with van der Waals surface area (Å²) in [7, 11) is 0. The number of alkyl carbamates (subject to hydrolysis) is 1. The van der Waals surface area contributed by atoms with Crippen LogP contribution in [0.2, 0.25) is 0 Å². The van der Waals surface area contributed by atoms with Crippen LogP contribution >= 0.6 is 0 Å². The maximum atomic E-state index is 13.9. The van der Waals surface area contributed by atoms with Gasteiger partial charge in [0.15, 0.2) is 0 Å². The summed E-state index contributed by atoms with van der Waals surface area (Å²) in [4.78, 5) is 67.8. The second-order valence-corrected chi connectivity index (χ2v) is 18.1. The zero-order valence-electron chi connectivity index (χ0n) is 36.5. The van der Waals surface area contributed by atoms with Crippen LogP contribution in [0.1, 0.15) is 96.0 Å². The van der Waals surface area contributed by atoms with Crippen molar-refractivity contribution in [2.45, 2.75) is 110 Å². The molecular weight excluding hydrogens is 791 g/mol. The highest BCUT2D eigenvalue weighted by Crippen LogP contribution is 2.30. The van der Waals surface area contributed by atoms with E-state index in [4.69, 9.17) is 9.47 Å². The number of H-pyrrole nitrogens is 1. The fourth-order valence-electron chi connectivity index (χ4n) is 7.67. The molecule has 1 saturated carbocycles. The van der Waals surface area contributed by atoms with Gasteiger partial charge in [-0.1, -0.05) is 42.5 Å². The van der Waals surface area contributed by atoms with Gasteiger partial charge < -0.3 is 35.6 Å². The summed E-state index contributed by atoms with van der Waals surface area (Å²) in [5.74, 6) is -0.391. The molecule has 3 aromatic carbocycles. The number of benzene rings is 3. The highest BCUT2D eigenvalue weighted by molar-refractivity contribution is 6.01. The van der Waals surface area contributed by atoms with E-state index in [1.807, 2.05) is 84.0 Å². The fourth-order valence-corrected chi connectivity index (χ4v) is 7.67. The number of likely N-dealkylation sites (tertiary alicyclic amines) is 1. The molecule has 2 heterocycles. The number of hydrogen-bond acceptors (Lipinski definition) is 10. The third-order valence-electron chi connectivity index (χ3n) is 10.9. The molecule has 1 aliphatic carbocycles. The first-order valence-corrected chi connectivity index (χ1v) is 21.4. The molecule has 2 fully saturated rings. The number of anilines is 1. The van der Waals surface area contributed by atoms with Crippen molar-refractivity contribution in [3.8, 4) is 22.5 Å². The van der Waals surface area contributed by atoms with E-state index in [2.05, 4.69) is 41.9 Å². The van der Waals surface area contributed by atoms with Gasteiger partial charge in [0.2, 0.25) is 17.6 Å². The lowest BCUT2D eigenvalue weighted by molar-refractivity contribution is -0.130. The Morgan fingerprint density at radius 3 is 2.06 bits per heavy atom. The predicted octanol–water partition coefficient (Wildman–Crippen LogP) is 6.66. The zero-order valence-corrected chi connectivity index (χ0v) is 36.5. The van der Waals surface area contributed by atoms with E-state index in [0.29, 0.717) is 62.4 Å². The van der Waals surface area contributed by atoms with Gasteiger partial charge in [-0.15, -0.1) is 10.2 Å². The molecule has 16 heteroatoms. The highest BCUT2D eigenvalue weighted by Gasteiger charge is 2.31. The minimum Gasteiger partial charge on any atom is -0.444 e. The number of nitrogens with zero attached hydrogens (tertiary/aromatic N) is 4. The number of amides is 5. The summed E-state index contributed by atoms with van der Waals surface area (Å²) >= 11 is 0. The van der Waals surface area contributed by atoms with Gasteiger partial charge in [0.25, 0.3) is 5.91 Å². The maximum absolute atomic E-state index is 13.9. The van der Waals surface area contributed by atoms with E-state index >= 15 is 0 Å². The Kier molecular flexibility index (Phi) is 14.6. The molecule has 4 aromatic rings. The van der Waals surface area contributed by atoms with Crippen molar-refractivity contribution in [2.75, 3.05) is 25.0 Å². The van der Waals surface area contributed by atoms with Gasteiger partial charge in [-0.05, 0) is 138 Å².